The van der Waals surface area contributed by atoms with Crippen molar-refractivity contribution >= 4 is 11.6 Å². The van der Waals surface area contributed by atoms with Crippen LogP contribution in [0.25, 0.3) is 5.65 Å². The molecule has 1 N–H and O–H groups in total. The van der Waals surface area contributed by atoms with Gasteiger partial charge in [0.25, 0.3) is 0 Å². The number of rotatable bonds is 5. The molecule has 0 aromatic carbocycles. The van der Waals surface area contributed by atoms with Crippen LogP contribution in [0.4, 0.5) is 0 Å². The summed E-state index contributed by atoms with van der Waals surface area (Å²) in [6.45, 7) is 4.27. The first-order valence-electron chi connectivity index (χ1n) is 5.91. The molecule has 2 heterocycles. The fraction of sp³-hybridized carbons (Fsp3) is 0.417. The van der Waals surface area contributed by atoms with Gasteiger partial charge in [-0.2, -0.15) is 0 Å². The van der Waals surface area contributed by atoms with E-state index in [9.17, 15) is 4.79 Å². The van der Waals surface area contributed by atoms with Gasteiger partial charge in [-0.25, -0.2) is 0 Å². The average Bonchev–Trinajstić information content (AvgIpc) is 2.80. The van der Waals surface area contributed by atoms with Crippen molar-refractivity contribution in [2.45, 2.75) is 19.9 Å². The van der Waals surface area contributed by atoms with Crippen LogP contribution in [0.2, 0.25) is 0 Å². The second-order valence-corrected chi connectivity index (χ2v) is 3.89. The van der Waals surface area contributed by atoms with Crippen molar-refractivity contribution in [1.29, 1.82) is 0 Å². The number of pyridine rings is 1. The number of esters is 1. The molecular formula is C12H16N4O2. The van der Waals surface area contributed by atoms with Crippen LogP contribution < -0.4 is 5.32 Å². The van der Waals surface area contributed by atoms with Gasteiger partial charge in [0, 0.05) is 6.20 Å². The van der Waals surface area contributed by atoms with Crippen LogP contribution in [-0.2, 0) is 9.53 Å². The zero-order valence-corrected chi connectivity index (χ0v) is 10.5. The van der Waals surface area contributed by atoms with E-state index in [0.717, 1.165) is 11.5 Å². The molecule has 2 aromatic rings. The Balaban J connectivity index is 2.05. The van der Waals surface area contributed by atoms with Gasteiger partial charge in [0.05, 0.1) is 19.2 Å². The van der Waals surface area contributed by atoms with Gasteiger partial charge in [0.15, 0.2) is 11.5 Å². The van der Waals surface area contributed by atoms with Crippen molar-refractivity contribution < 1.29 is 9.53 Å². The molecule has 0 aliphatic carbocycles. The maximum atomic E-state index is 11.3. The zero-order chi connectivity index (χ0) is 13.0. The van der Waals surface area contributed by atoms with E-state index >= 15 is 0 Å². The maximum Gasteiger partial charge on any atom is 0.319 e. The Labute approximate surface area is 105 Å². The number of fused-ring (bicyclic) bond motifs is 1. The van der Waals surface area contributed by atoms with Gasteiger partial charge >= 0.3 is 5.97 Å². The molecule has 2 rings (SSSR count). The summed E-state index contributed by atoms with van der Waals surface area (Å²) in [7, 11) is 0. The molecule has 0 spiro atoms. The number of aromatic nitrogens is 3. The lowest BCUT2D eigenvalue weighted by molar-refractivity contribution is -0.142. The van der Waals surface area contributed by atoms with Gasteiger partial charge in [0.1, 0.15) is 0 Å². The molecule has 0 radical (unpaired) electrons. The largest absolute Gasteiger partial charge is 0.465 e. The number of carbonyl (C=O) groups excluding carboxylic acids is 1. The Morgan fingerprint density at radius 3 is 3.11 bits per heavy atom. The van der Waals surface area contributed by atoms with E-state index in [0.29, 0.717) is 6.61 Å². The molecule has 0 bridgehead atoms. The van der Waals surface area contributed by atoms with Crippen LogP contribution in [-0.4, -0.2) is 33.7 Å². The lowest BCUT2D eigenvalue weighted by Crippen LogP contribution is -2.28. The van der Waals surface area contributed by atoms with Crippen molar-refractivity contribution in [1.82, 2.24) is 19.9 Å². The van der Waals surface area contributed by atoms with Crippen LogP contribution in [0.3, 0.4) is 0 Å². The molecule has 18 heavy (non-hydrogen) atoms. The summed E-state index contributed by atoms with van der Waals surface area (Å²) in [6, 6.07) is 5.63. The predicted molar refractivity (Wildman–Crippen MR) is 66.0 cm³/mol. The standard InChI is InChI=1S/C12H16N4O2/c1-3-18-11(17)8-13-9(2)12-15-14-10-6-4-5-7-16(10)12/h4-7,9,13H,3,8H2,1-2H3. The van der Waals surface area contributed by atoms with E-state index in [1.165, 1.54) is 0 Å². The first kappa shape index (κ1) is 12.5. The zero-order valence-electron chi connectivity index (χ0n) is 10.5. The average molecular weight is 248 g/mol. The number of ether oxygens (including phenoxy) is 1. The topological polar surface area (TPSA) is 68.5 Å². The van der Waals surface area contributed by atoms with Gasteiger partial charge in [0.2, 0.25) is 0 Å². The molecule has 2 aromatic heterocycles. The van der Waals surface area contributed by atoms with E-state index in [2.05, 4.69) is 15.5 Å². The van der Waals surface area contributed by atoms with Crippen molar-refractivity contribution in [2.24, 2.45) is 0 Å². The number of nitrogens with one attached hydrogen (secondary N) is 1. The minimum absolute atomic E-state index is 0.0770. The highest BCUT2D eigenvalue weighted by molar-refractivity contribution is 5.71. The minimum Gasteiger partial charge on any atom is -0.465 e. The highest BCUT2D eigenvalue weighted by Gasteiger charge is 2.14. The SMILES string of the molecule is CCOC(=O)CNC(C)c1nnc2ccccn12. The predicted octanol–water partition coefficient (Wildman–Crippen LogP) is 0.943. The summed E-state index contributed by atoms with van der Waals surface area (Å²) in [6.07, 6.45) is 1.90. The Morgan fingerprint density at radius 2 is 2.33 bits per heavy atom. The Hall–Kier alpha value is -1.95. The molecular weight excluding hydrogens is 232 g/mol. The van der Waals surface area contributed by atoms with E-state index in [4.69, 9.17) is 4.74 Å². The molecule has 0 amide bonds. The van der Waals surface area contributed by atoms with Crippen molar-refractivity contribution in [3.63, 3.8) is 0 Å². The van der Waals surface area contributed by atoms with E-state index in [1.807, 2.05) is 35.7 Å². The maximum absolute atomic E-state index is 11.3. The summed E-state index contributed by atoms with van der Waals surface area (Å²) < 4.78 is 6.74. The van der Waals surface area contributed by atoms with E-state index < -0.39 is 0 Å². The summed E-state index contributed by atoms with van der Waals surface area (Å²) >= 11 is 0. The van der Waals surface area contributed by atoms with Crippen LogP contribution in [0.15, 0.2) is 24.4 Å². The van der Waals surface area contributed by atoms with Crippen molar-refractivity contribution in [3.8, 4) is 0 Å². The highest BCUT2D eigenvalue weighted by atomic mass is 16.5. The fourth-order valence-electron chi connectivity index (χ4n) is 1.69. The molecule has 6 heteroatoms. The summed E-state index contributed by atoms with van der Waals surface area (Å²) in [5.74, 6) is 0.507. The Morgan fingerprint density at radius 1 is 1.50 bits per heavy atom. The second-order valence-electron chi connectivity index (χ2n) is 3.89. The second kappa shape index (κ2) is 5.59. The molecule has 6 nitrogen and oxygen atoms in total. The summed E-state index contributed by atoms with van der Waals surface area (Å²) in [5, 5.41) is 11.2. The number of nitrogens with zero attached hydrogens (tertiary/aromatic N) is 3. The third kappa shape index (κ3) is 2.65. The Bertz CT molecular complexity index is 538. The van der Waals surface area contributed by atoms with E-state index in [-0.39, 0.29) is 18.6 Å². The van der Waals surface area contributed by atoms with Crippen molar-refractivity contribution in [2.75, 3.05) is 13.2 Å². The lowest BCUT2D eigenvalue weighted by Gasteiger charge is -2.11. The monoisotopic (exact) mass is 248 g/mol. The molecule has 0 saturated heterocycles. The quantitative estimate of drug-likeness (QED) is 0.798. The molecule has 0 saturated carbocycles. The smallest absolute Gasteiger partial charge is 0.319 e. The fourth-order valence-corrected chi connectivity index (χ4v) is 1.69. The van der Waals surface area contributed by atoms with Gasteiger partial charge < -0.3 is 4.74 Å². The van der Waals surface area contributed by atoms with Crippen LogP contribution in [0, 0.1) is 0 Å². The van der Waals surface area contributed by atoms with Crippen LogP contribution in [0.5, 0.6) is 0 Å². The summed E-state index contributed by atoms with van der Waals surface area (Å²) in [4.78, 5) is 11.3. The first-order valence-corrected chi connectivity index (χ1v) is 5.91. The first-order chi connectivity index (χ1) is 8.72. The van der Waals surface area contributed by atoms with Gasteiger partial charge in [-0.1, -0.05) is 6.07 Å². The Kier molecular flexibility index (Phi) is 3.88. The molecule has 0 aliphatic rings. The number of hydrogen-bond acceptors (Lipinski definition) is 5. The van der Waals surface area contributed by atoms with Crippen LogP contribution >= 0.6 is 0 Å². The highest BCUT2D eigenvalue weighted by Crippen LogP contribution is 2.11. The van der Waals surface area contributed by atoms with Gasteiger partial charge in [-0.05, 0) is 26.0 Å². The molecule has 0 fully saturated rings. The lowest BCUT2D eigenvalue weighted by atomic mass is 10.3. The van der Waals surface area contributed by atoms with Gasteiger partial charge in [-0.15, -0.1) is 10.2 Å². The normalized spacial score (nSPS) is 12.6. The van der Waals surface area contributed by atoms with Gasteiger partial charge in [-0.3, -0.25) is 14.5 Å². The summed E-state index contributed by atoms with van der Waals surface area (Å²) in [5.41, 5.74) is 0.789. The number of hydrogen-bond donors (Lipinski definition) is 1. The van der Waals surface area contributed by atoms with E-state index in [1.54, 1.807) is 6.92 Å². The number of carbonyl (C=O) groups is 1. The van der Waals surface area contributed by atoms with Crippen LogP contribution in [0.1, 0.15) is 25.7 Å². The molecule has 96 valence electrons. The third-order valence-electron chi connectivity index (χ3n) is 2.59. The molecule has 0 aliphatic heterocycles. The van der Waals surface area contributed by atoms with Crippen molar-refractivity contribution in [3.05, 3.63) is 30.2 Å². The third-order valence-corrected chi connectivity index (χ3v) is 2.59. The molecule has 1 unspecified atom stereocenters. The minimum atomic E-state index is -0.266. The molecule has 1 atom stereocenters.